The van der Waals surface area contributed by atoms with Gasteiger partial charge in [0.1, 0.15) is 35.7 Å². The van der Waals surface area contributed by atoms with Gasteiger partial charge in [-0.15, -0.1) is 0 Å². The maximum Gasteiger partial charge on any atom is 0.311 e. The first kappa shape index (κ1) is 13.6. The zero-order chi connectivity index (χ0) is 15.4. The molecule has 10 heteroatoms. The molecule has 1 spiro atoms. The minimum Gasteiger partial charge on any atom is -0.388 e. The van der Waals surface area contributed by atoms with E-state index in [2.05, 4.69) is 10.6 Å². The summed E-state index contributed by atoms with van der Waals surface area (Å²) in [4.78, 5) is 0. The van der Waals surface area contributed by atoms with E-state index < -0.39 is 53.7 Å². The maximum atomic E-state index is 10.6. The van der Waals surface area contributed by atoms with Crippen molar-refractivity contribution in [2.45, 2.75) is 54.7 Å². The molecule has 0 aromatic rings. The summed E-state index contributed by atoms with van der Waals surface area (Å²) < 4.78 is 10.4. The molecule has 4 heterocycles. The van der Waals surface area contributed by atoms with Gasteiger partial charge in [-0.25, -0.2) is 0 Å². The summed E-state index contributed by atoms with van der Waals surface area (Å²) >= 11 is 0. The SMILES string of the molecule is C[C@]1(O)[C@@H]2O[C@]3(O)O[C@H]1C(O)[C@@]1(NC(=N)N[C@H](O)[C@@H]21)[C@@H]3O. The molecule has 5 aliphatic rings. The molecule has 1 saturated carbocycles. The Hall–Kier alpha value is -1.01. The Balaban J connectivity index is 1.93. The fraction of sp³-hybridized carbons (Fsp3) is 0.909. The van der Waals surface area contributed by atoms with Crippen LogP contribution in [-0.4, -0.2) is 79.2 Å². The van der Waals surface area contributed by atoms with E-state index in [0.29, 0.717) is 0 Å². The van der Waals surface area contributed by atoms with Crippen molar-refractivity contribution in [3.05, 3.63) is 0 Å². The fourth-order valence-electron chi connectivity index (χ4n) is 4.23. The van der Waals surface area contributed by atoms with Crippen LogP contribution in [0.3, 0.4) is 0 Å². The molecular formula is C11H17N3O7. The average molecular weight is 303 g/mol. The smallest absolute Gasteiger partial charge is 0.311 e. The van der Waals surface area contributed by atoms with E-state index in [1.54, 1.807) is 0 Å². The number of rotatable bonds is 0. The standard InChI is InChI=1S/C11H17N3O7/c1-9(18)4-2-6(16)13-8(12)14-10(2)3(15)5(9)21-11(19,20-4)7(10)17/h2-7,15-19H,1H3,(H3,12,13,14)/t2-,3?,4-,5+,6-,7+,9+,10-,11+/m1/s1. The Bertz CT molecular complexity index is 530. The average Bonchev–Trinajstić information content (AvgIpc) is 2.36. The topological polar surface area (TPSA) is 168 Å². The highest BCUT2D eigenvalue weighted by atomic mass is 16.9. The van der Waals surface area contributed by atoms with E-state index in [-0.39, 0.29) is 5.96 Å². The Morgan fingerprint density at radius 3 is 2.43 bits per heavy atom. The van der Waals surface area contributed by atoms with E-state index in [9.17, 15) is 25.5 Å². The summed E-state index contributed by atoms with van der Waals surface area (Å²) in [6.07, 6.45) is -6.94. The lowest BCUT2D eigenvalue weighted by molar-refractivity contribution is -0.546. The molecule has 5 rings (SSSR count). The second-order valence-corrected chi connectivity index (χ2v) is 6.33. The van der Waals surface area contributed by atoms with Gasteiger partial charge < -0.3 is 45.6 Å². The van der Waals surface area contributed by atoms with Gasteiger partial charge in [0.15, 0.2) is 12.1 Å². The van der Waals surface area contributed by atoms with Crippen LogP contribution in [-0.2, 0) is 9.47 Å². The molecule has 0 radical (unpaired) electrons. The van der Waals surface area contributed by atoms with E-state index in [4.69, 9.17) is 14.9 Å². The van der Waals surface area contributed by atoms with Crippen molar-refractivity contribution in [2.75, 3.05) is 0 Å². The molecule has 0 aromatic carbocycles. The van der Waals surface area contributed by atoms with E-state index in [0.717, 1.165) is 0 Å². The number of aliphatic hydroxyl groups is 5. The van der Waals surface area contributed by atoms with Crippen LogP contribution in [0.5, 0.6) is 0 Å². The number of guanidine groups is 1. The van der Waals surface area contributed by atoms with Crippen molar-refractivity contribution in [2.24, 2.45) is 5.92 Å². The predicted octanol–water partition coefficient (Wildman–Crippen LogP) is -4.28. The van der Waals surface area contributed by atoms with Gasteiger partial charge >= 0.3 is 5.97 Å². The third-order valence-electron chi connectivity index (χ3n) is 5.17. The number of hydrogen-bond acceptors (Lipinski definition) is 8. The largest absolute Gasteiger partial charge is 0.388 e. The zero-order valence-electron chi connectivity index (χ0n) is 11.0. The van der Waals surface area contributed by atoms with Gasteiger partial charge in [0.05, 0.1) is 5.92 Å². The highest BCUT2D eigenvalue weighted by molar-refractivity contribution is 5.79. The number of nitrogens with one attached hydrogen (secondary N) is 3. The zero-order valence-corrected chi connectivity index (χ0v) is 11.0. The lowest BCUT2D eigenvalue weighted by Crippen LogP contribution is -2.96. The molecule has 4 bridgehead atoms. The first-order valence-electron chi connectivity index (χ1n) is 6.62. The van der Waals surface area contributed by atoms with Crippen LogP contribution in [0, 0.1) is 11.3 Å². The monoisotopic (exact) mass is 303 g/mol. The van der Waals surface area contributed by atoms with Crippen LogP contribution in [0.2, 0.25) is 0 Å². The Morgan fingerprint density at radius 2 is 1.76 bits per heavy atom. The molecule has 4 aliphatic heterocycles. The first-order chi connectivity index (χ1) is 9.64. The lowest BCUT2D eigenvalue weighted by Gasteiger charge is -2.71. The van der Waals surface area contributed by atoms with Crippen molar-refractivity contribution in [3.8, 4) is 0 Å². The van der Waals surface area contributed by atoms with Crippen LogP contribution >= 0.6 is 0 Å². The quantitative estimate of drug-likeness (QED) is 0.221. The summed E-state index contributed by atoms with van der Waals surface area (Å²) in [5, 5.41) is 64.7. The summed E-state index contributed by atoms with van der Waals surface area (Å²) in [7, 11) is 0. The van der Waals surface area contributed by atoms with E-state index in [1.165, 1.54) is 6.92 Å². The molecule has 0 aromatic heterocycles. The van der Waals surface area contributed by atoms with E-state index in [1.807, 2.05) is 0 Å². The Morgan fingerprint density at radius 1 is 1.14 bits per heavy atom. The highest BCUT2D eigenvalue weighted by Crippen LogP contribution is 2.58. The number of hydrogen-bond donors (Lipinski definition) is 8. The second kappa shape index (κ2) is 3.49. The van der Waals surface area contributed by atoms with Gasteiger partial charge in [-0.3, -0.25) is 5.41 Å². The molecule has 8 N–H and O–H groups in total. The summed E-state index contributed by atoms with van der Waals surface area (Å²) in [6, 6.07) is 0. The molecular weight excluding hydrogens is 286 g/mol. The van der Waals surface area contributed by atoms with Gasteiger partial charge in [0, 0.05) is 0 Å². The van der Waals surface area contributed by atoms with Gasteiger partial charge in [-0.2, -0.15) is 0 Å². The third kappa shape index (κ3) is 1.26. The minimum atomic E-state index is -2.42. The van der Waals surface area contributed by atoms with Gasteiger partial charge in [-0.05, 0) is 6.92 Å². The first-order valence-corrected chi connectivity index (χ1v) is 6.62. The maximum absolute atomic E-state index is 10.6. The van der Waals surface area contributed by atoms with Crippen LogP contribution in [0.15, 0.2) is 0 Å². The Kier molecular flexibility index (Phi) is 2.26. The van der Waals surface area contributed by atoms with Crippen LogP contribution < -0.4 is 10.6 Å². The summed E-state index contributed by atoms with van der Waals surface area (Å²) in [6.45, 7) is 1.36. The Labute approximate surface area is 118 Å². The summed E-state index contributed by atoms with van der Waals surface area (Å²) in [5.74, 6) is -3.74. The van der Waals surface area contributed by atoms with Gasteiger partial charge in [0.25, 0.3) is 0 Å². The van der Waals surface area contributed by atoms with Crippen molar-refractivity contribution in [1.82, 2.24) is 10.6 Å². The number of ether oxygens (including phenoxy) is 2. The van der Waals surface area contributed by atoms with Gasteiger partial charge in [-0.1, -0.05) is 0 Å². The molecule has 5 fully saturated rings. The normalized spacial score (nSPS) is 64.8. The van der Waals surface area contributed by atoms with Crippen LogP contribution in [0.1, 0.15) is 6.92 Å². The molecule has 4 saturated heterocycles. The highest BCUT2D eigenvalue weighted by Gasteiger charge is 2.82. The van der Waals surface area contributed by atoms with Crippen molar-refractivity contribution in [3.63, 3.8) is 0 Å². The predicted molar refractivity (Wildman–Crippen MR) is 63.6 cm³/mol. The van der Waals surface area contributed by atoms with Gasteiger partial charge in [0.2, 0.25) is 0 Å². The molecule has 118 valence electrons. The lowest BCUT2D eigenvalue weighted by atomic mass is 9.55. The fourth-order valence-corrected chi connectivity index (χ4v) is 4.23. The van der Waals surface area contributed by atoms with Crippen LogP contribution in [0.25, 0.3) is 0 Å². The summed E-state index contributed by atoms with van der Waals surface area (Å²) in [5.41, 5.74) is -3.35. The minimum absolute atomic E-state index is 0.318. The van der Waals surface area contributed by atoms with E-state index >= 15 is 0 Å². The molecule has 9 atom stereocenters. The number of aliphatic hydroxyl groups excluding tert-OH is 3. The van der Waals surface area contributed by atoms with Crippen molar-refractivity contribution >= 4 is 5.96 Å². The molecule has 0 amide bonds. The van der Waals surface area contributed by atoms with Crippen LogP contribution in [0.4, 0.5) is 0 Å². The second-order valence-electron chi connectivity index (χ2n) is 6.33. The molecule has 21 heavy (non-hydrogen) atoms. The molecule has 1 aliphatic carbocycles. The third-order valence-corrected chi connectivity index (χ3v) is 5.17. The van der Waals surface area contributed by atoms with Crippen molar-refractivity contribution in [1.29, 1.82) is 5.41 Å². The van der Waals surface area contributed by atoms with Crippen molar-refractivity contribution < 1.29 is 35.0 Å². The molecule has 1 unspecified atom stereocenters. The molecule has 10 nitrogen and oxygen atoms in total.